The number of alkyl halides is 2. The van der Waals surface area contributed by atoms with Gasteiger partial charge in [-0.3, -0.25) is 0 Å². The Morgan fingerprint density at radius 3 is 2.85 bits per heavy atom. The van der Waals surface area contributed by atoms with Crippen molar-refractivity contribution in [1.29, 1.82) is 0 Å². The van der Waals surface area contributed by atoms with Crippen LogP contribution in [-0.4, -0.2) is 9.97 Å². The Labute approximate surface area is 72.6 Å². The Morgan fingerprint density at radius 2 is 2.15 bits per heavy atom. The highest BCUT2D eigenvalue weighted by atomic mass is 19.3. The third-order valence-electron chi connectivity index (χ3n) is 1.80. The summed E-state index contributed by atoms with van der Waals surface area (Å²) in [6, 6.07) is 4.54. The average Bonchev–Trinajstić information content (AvgIpc) is 2.43. The number of nitrogens with two attached hydrogens (primary N) is 1. The van der Waals surface area contributed by atoms with E-state index < -0.39 is 6.43 Å². The molecule has 13 heavy (non-hydrogen) atoms. The van der Waals surface area contributed by atoms with Crippen LogP contribution in [0.2, 0.25) is 0 Å². The van der Waals surface area contributed by atoms with Crippen LogP contribution >= 0.6 is 0 Å². The van der Waals surface area contributed by atoms with Crippen LogP contribution in [0.25, 0.3) is 11.0 Å². The Morgan fingerprint density at radius 1 is 1.38 bits per heavy atom. The van der Waals surface area contributed by atoms with Gasteiger partial charge in [0.25, 0.3) is 6.43 Å². The van der Waals surface area contributed by atoms with Crippen molar-refractivity contribution in [2.45, 2.75) is 6.43 Å². The molecule has 0 aliphatic heterocycles. The number of imidazole rings is 1. The quantitative estimate of drug-likeness (QED) is 0.711. The second-order valence-electron chi connectivity index (χ2n) is 2.67. The molecule has 0 unspecified atom stereocenters. The minimum absolute atomic E-state index is 0.0922. The summed E-state index contributed by atoms with van der Waals surface area (Å²) >= 11 is 0. The molecule has 0 saturated carbocycles. The smallest absolute Gasteiger partial charge is 0.266 e. The van der Waals surface area contributed by atoms with Gasteiger partial charge in [0.1, 0.15) is 0 Å². The van der Waals surface area contributed by atoms with Gasteiger partial charge in [0.2, 0.25) is 0 Å². The number of aromatic amines is 1. The van der Waals surface area contributed by atoms with E-state index in [4.69, 9.17) is 5.73 Å². The van der Waals surface area contributed by atoms with Crippen LogP contribution in [0.15, 0.2) is 18.2 Å². The van der Waals surface area contributed by atoms with Gasteiger partial charge in [-0.15, -0.1) is 0 Å². The Hall–Kier alpha value is -1.65. The molecule has 0 saturated heterocycles. The van der Waals surface area contributed by atoms with Gasteiger partial charge in [-0.05, 0) is 6.07 Å². The van der Waals surface area contributed by atoms with E-state index in [0.717, 1.165) is 0 Å². The zero-order chi connectivity index (χ0) is 9.42. The molecule has 0 atom stereocenters. The first-order valence-corrected chi connectivity index (χ1v) is 3.71. The fourth-order valence-corrected chi connectivity index (χ4v) is 1.25. The normalized spacial score (nSPS) is 11.3. The lowest BCUT2D eigenvalue weighted by Gasteiger charge is -1.98. The lowest BCUT2D eigenvalue weighted by molar-refractivity contribution is 0.153. The SMILES string of the molecule is Nc1nc2c(C(F)F)cccc2[nH]1. The van der Waals surface area contributed by atoms with Gasteiger partial charge in [-0.2, -0.15) is 0 Å². The minimum Gasteiger partial charge on any atom is -0.369 e. The number of nitrogen functional groups attached to an aromatic ring is 1. The number of H-pyrrole nitrogens is 1. The van der Waals surface area contributed by atoms with Crippen LogP contribution < -0.4 is 5.73 Å². The largest absolute Gasteiger partial charge is 0.369 e. The molecular formula is C8H7F2N3. The number of aromatic nitrogens is 2. The zero-order valence-electron chi connectivity index (χ0n) is 6.59. The summed E-state index contributed by atoms with van der Waals surface area (Å²) in [4.78, 5) is 6.46. The molecule has 3 nitrogen and oxygen atoms in total. The van der Waals surface area contributed by atoms with E-state index in [1.165, 1.54) is 6.07 Å². The number of hydrogen-bond acceptors (Lipinski definition) is 2. The van der Waals surface area contributed by atoms with Crippen LogP contribution in [-0.2, 0) is 0 Å². The first-order valence-electron chi connectivity index (χ1n) is 3.71. The van der Waals surface area contributed by atoms with Crippen molar-refractivity contribution in [1.82, 2.24) is 9.97 Å². The van der Waals surface area contributed by atoms with E-state index in [9.17, 15) is 8.78 Å². The predicted octanol–water partition coefficient (Wildman–Crippen LogP) is 2.08. The standard InChI is InChI=1S/C8H7F2N3/c9-7(10)4-2-1-3-5-6(4)13-8(11)12-5/h1-3,7H,(H3,11,12,13). The van der Waals surface area contributed by atoms with Crippen molar-refractivity contribution >= 4 is 17.0 Å². The monoisotopic (exact) mass is 183 g/mol. The second-order valence-corrected chi connectivity index (χ2v) is 2.67. The number of nitrogens with one attached hydrogen (secondary N) is 1. The molecule has 68 valence electrons. The topological polar surface area (TPSA) is 54.7 Å². The Balaban J connectivity index is 2.75. The molecule has 1 heterocycles. The maximum Gasteiger partial charge on any atom is 0.266 e. The molecule has 0 aliphatic carbocycles. The number of hydrogen-bond donors (Lipinski definition) is 2. The number of halogens is 2. The van der Waals surface area contributed by atoms with Crippen LogP contribution in [0.1, 0.15) is 12.0 Å². The van der Waals surface area contributed by atoms with Gasteiger partial charge >= 0.3 is 0 Å². The fourth-order valence-electron chi connectivity index (χ4n) is 1.25. The number of anilines is 1. The van der Waals surface area contributed by atoms with Crippen LogP contribution in [0, 0.1) is 0 Å². The second kappa shape index (κ2) is 2.69. The molecule has 2 rings (SSSR count). The zero-order valence-corrected chi connectivity index (χ0v) is 6.59. The van der Waals surface area contributed by atoms with Gasteiger partial charge in [-0.1, -0.05) is 12.1 Å². The molecule has 0 aliphatic rings. The van der Waals surface area contributed by atoms with E-state index in [2.05, 4.69) is 9.97 Å². The molecule has 0 amide bonds. The molecule has 5 heteroatoms. The van der Waals surface area contributed by atoms with E-state index in [1.54, 1.807) is 12.1 Å². The first-order chi connectivity index (χ1) is 6.18. The molecule has 2 aromatic rings. The molecule has 0 bridgehead atoms. The molecule has 1 aromatic heterocycles. The molecule has 1 aromatic carbocycles. The molecular weight excluding hydrogens is 176 g/mol. The van der Waals surface area contributed by atoms with Gasteiger partial charge in [0.05, 0.1) is 11.0 Å². The third-order valence-corrected chi connectivity index (χ3v) is 1.80. The lowest BCUT2D eigenvalue weighted by Crippen LogP contribution is -1.86. The summed E-state index contributed by atoms with van der Waals surface area (Å²) in [6.45, 7) is 0. The maximum atomic E-state index is 12.4. The highest BCUT2D eigenvalue weighted by Crippen LogP contribution is 2.26. The van der Waals surface area contributed by atoms with Crippen molar-refractivity contribution in [3.8, 4) is 0 Å². The van der Waals surface area contributed by atoms with E-state index in [-0.39, 0.29) is 17.0 Å². The third kappa shape index (κ3) is 1.22. The summed E-state index contributed by atoms with van der Waals surface area (Å²) in [7, 11) is 0. The van der Waals surface area contributed by atoms with E-state index in [1.807, 2.05) is 0 Å². The number of fused-ring (bicyclic) bond motifs is 1. The van der Waals surface area contributed by atoms with Crippen molar-refractivity contribution in [3.63, 3.8) is 0 Å². The van der Waals surface area contributed by atoms with Crippen LogP contribution in [0.4, 0.5) is 14.7 Å². The Bertz CT molecular complexity index is 436. The molecule has 0 fully saturated rings. The van der Waals surface area contributed by atoms with Crippen LogP contribution in [0.3, 0.4) is 0 Å². The van der Waals surface area contributed by atoms with E-state index >= 15 is 0 Å². The van der Waals surface area contributed by atoms with Gasteiger partial charge in [0.15, 0.2) is 5.95 Å². The summed E-state index contributed by atoms with van der Waals surface area (Å²) in [6.07, 6.45) is -2.52. The summed E-state index contributed by atoms with van der Waals surface area (Å²) < 4.78 is 24.8. The first kappa shape index (κ1) is 7.97. The minimum atomic E-state index is -2.52. The van der Waals surface area contributed by atoms with Gasteiger partial charge in [0, 0.05) is 5.56 Å². The lowest BCUT2D eigenvalue weighted by atomic mass is 10.2. The fraction of sp³-hybridized carbons (Fsp3) is 0.125. The van der Waals surface area contributed by atoms with Crippen molar-refractivity contribution in [3.05, 3.63) is 23.8 Å². The predicted molar refractivity (Wildman–Crippen MR) is 45.5 cm³/mol. The number of benzene rings is 1. The summed E-state index contributed by atoms with van der Waals surface area (Å²) in [5.41, 5.74) is 6.04. The van der Waals surface area contributed by atoms with Gasteiger partial charge in [-0.25, -0.2) is 13.8 Å². The molecule has 0 spiro atoms. The van der Waals surface area contributed by atoms with Crippen LogP contribution in [0.5, 0.6) is 0 Å². The van der Waals surface area contributed by atoms with Crippen molar-refractivity contribution in [2.75, 3.05) is 5.73 Å². The molecule has 3 N–H and O–H groups in total. The maximum absolute atomic E-state index is 12.4. The number of rotatable bonds is 1. The highest BCUT2D eigenvalue weighted by Gasteiger charge is 2.13. The number of nitrogens with zero attached hydrogens (tertiary/aromatic N) is 1. The van der Waals surface area contributed by atoms with Gasteiger partial charge < -0.3 is 10.7 Å². The highest BCUT2D eigenvalue weighted by molar-refractivity contribution is 5.80. The molecule has 0 radical (unpaired) electrons. The summed E-state index contributed by atoms with van der Waals surface area (Å²) in [5, 5.41) is 0. The average molecular weight is 183 g/mol. The number of para-hydroxylation sites is 1. The Kier molecular flexibility index (Phi) is 1.65. The van der Waals surface area contributed by atoms with Crippen molar-refractivity contribution in [2.24, 2.45) is 0 Å². The van der Waals surface area contributed by atoms with E-state index in [0.29, 0.717) is 5.52 Å². The van der Waals surface area contributed by atoms with Crippen molar-refractivity contribution < 1.29 is 8.78 Å². The summed E-state index contributed by atoms with van der Waals surface area (Å²) in [5.74, 6) is 0.156.